The molecule has 21 heavy (non-hydrogen) atoms. The van der Waals surface area contributed by atoms with Gasteiger partial charge in [0.1, 0.15) is 37.5 Å². The lowest BCUT2D eigenvalue weighted by Gasteiger charge is -2.31. The minimum Gasteiger partial charge on any atom is -0.364 e. The van der Waals surface area contributed by atoms with E-state index in [1.54, 1.807) is 16.2 Å². The lowest BCUT2D eigenvalue weighted by atomic mass is 10.2. The summed E-state index contributed by atoms with van der Waals surface area (Å²) in [6.07, 6.45) is 0.675. The molecule has 5 heteroatoms. The van der Waals surface area contributed by atoms with E-state index in [9.17, 15) is 0 Å². The average molecular weight is 304 g/mol. The second-order valence-corrected chi connectivity index (χ2v) is 6.59. The van der Waals surface area contributed by atoms with Crippen LogP contribution >= 0.6 is 11.3 Å². The molecule has 1 aromatic heterocycles. The molecule has 112 valence electrons. The van der Waals surface area contributed by atoms with Crippen LogP contribution in [0.3, 0.4) is 0 Å². The van der Waals surface area contributed by atoms with Crippen molar-refractivity contribution in [1.29, 1.82) is 0 Å². The Morgan fingerprint density at radius 3 is 2.67 bits per heavy atom. The number of thiazole rings is 1. The van der Waals surface area contributed by atoms with E-state index in [4.69, 9.17) is 9.72 Å². The van der Waals surface area contributed by atoms with Gasteiger partial charge in [-0.05, 0) is 26.0 Å². The van der Waals surface area contributed by atoms with Crippen LogP contribution in [0.2, 0.25) is 0 Å². The molecule has 3 rings (SSSR count). The number of anilines is 2. The number of aromatic nitrogens is 1. The molecule has 1 fully saturated rings. The van der Waals surface area contributed by atoms with Gasteiger partial charge in [0.25, 0.3) is 0 Å². The zero-order chi connectivity index (χ0) is 14.7. The fraction of sp³-hybridized carbons (Fsp3) is 0.438. The number of nitrogens with one attached hydrogen (secondary N) is 2. The molecule has 0 aliphatic carbocycles. The van der Waals surface area contributed by atoms with Crippen LogP contribution in [0.5, 0.6) is 0 Å². The van der Waals surface area contributed by atoms with Crippen LogP contribution in [-0.4, -0.2) is 30.3 Å². The van der Waals surface area contributed by atoms with Crippen molar-refractivity contribution in [1.82, 2.24) is 4.98 Å². The monoisotopic (exact) mass is 304 g/mol. The molecule has 2 N–H and O–H groups in total. The third-order valence-electron chi connectivity index (χ3n) is 3.62. The number of hydrogen-bond donors (Lipinski definition) is 2. The Morgan fingerprint density at radius 2 is 1.95 bits per heavy atom. The van der Waals surface area contributed by atoms with E-state index in [2.05, 4.69) is 36.7 Å². The van der Waals surface area contributed by atoms with E-state index in [1.165, 1.54) is 0 Å². The number of morpholine rings is 1. The third-order valence-corrected chi connectivity index (χ3v) is 4.43. The Hall–Kier alpha value is -1.43. The molecule has 0 amide bonds. The summed E-state index contributed by atoms with van der Waals surface area (Å²) in [6.45, 7) is 7.40. The van der Waals surface area contributed by atoms with Crippen molar-refractivity contribution < 1.29 is 9.64 Å². The SMILES string of the molecule is C[C@@H]1C[NH+](Cc2csc(Nc3ccccc3)n2)C[C@H](C)O1. The normalized spacial score (nSPS) is 25.7. The molecule has 3 atom stereocenters. The van der Waals surface area contributed by atoms with Crippen molar-refractivity contribution in [3.63, 3.8) is 0 Å². The smallest absolute Gasteiger partial charge is 0.187 e. The van der Waals surface area contributed by atoms with Crippen molar-refractivity contribution in [2.75, 3.05) is 18.4 Å². The molecule has 0 spiro atoms. The molecule has 1 unspecified atom stereocenters. The molecule has 1 saturated heterocycles. The van der Waals surface area contributed by atoms with Gasteiger partial charge in [-0.15, -0.1) is 11.3 Å². The van der Waals surface area contributed by atoms with Gasteiger partial charge in [0.05, 0.1) is 0 Å². The van der Waals surface area contributed by atoms with Crippen LogP contribution < -0.4 is 10.2 Å². The summed E-state index contributed by atoms with van der Waals surface area (Å²) in [5.74, 6) is 0. The van der Waals surface area contributed by atoms with Crippen LogP contribution in [0.1, 0.15) is 19.5 Å². The molecule has 2 aromatic rings. The van der Waals surface area contributed by atoms with Crippen LogP contribution in [0.15, 0.2) is 35.7 Å². The number of hydrogen-bond acceptors (Lipinski definition) is 4. The number of benzene rings is 1. The van der Waals surface area contributed by atoms with Crippen molar-refractivity contribution in [2.45, 2.75) is 32.6 Å². The molecule has 1 aliphatic rings. The summed E-state index contributed by atoms with van der Waals surface area (Å²) in [6, 6.07) is 10.2. The summed E-state index contributed by atoms with van der Waals surface area (Å²) < 4.78 is 5.79. The van der Waals surface area contributed by atoms with Crippen LogP contribution in [0.4, 0.5) is 10.8 Å². The minimum absolute atomic E-state index is 0.337. The first kappa shape index (κ1) is 14.5. The van der Waals surface area contributed by atoms with Gasteiger partial charge in [0, 0.05) is 11.1 Å². The topological polar surface area (TPSA) is 38.6 Å². The van der Waals surface area contributed by atoms with Gasteiger partial charge >= 0.3 is 0 Å². The van der Waals surface area contributed by atoms with Crippen LogP contribution in [0.25, 0.3) is 0 Å². The summed E-state index contributed by atoms with van der Waals surface area (Å²) >= 11 is 1.67. The van der Waals surface area contributed by atoms with Crippen molar-refractivity contribution in [3.05, 3.63) is 41.4 Å². The van der Waals surface area contributed by atoms with Crippen LogP contribution in [-0.2, 0) is 11.3 Å². The number of rotatable bonds is 4. The fourth-order valence-corrected chi connectivity index (χ4v) is 3.61. The molecule has 0 radical (unpaired) electrons. The quantitative estimate of drug-likeness (QED) is 0.908. The lowest BCUT2D eigenvalue weighted by Crippen LogP contribution is -3.14. The van der Waals surface area contributed by atoms with Gasteiger partial charge in [-0.1, -0.05) is 18.2 Å². The standard InChI is InChI=1S/C16H21N3OS/c1-12-8-19(9-13(2)20-12)10-15-11-21-16(18-15)17-14-6-4-3-5-7-14/h3-7,11-13H,8-10H2,1-2H3,(H,17,18)/p+1/t12-,13+. The zero-order valence-electron chi connectivity index (χ0n) is 12.5. The predicted molar refractivity (Wildman–Crippen MR) is 86.2 cm³/mol. The Bertz CT molecular complexity index is 562. The summed E-state index contributed by atoms with van der Waals surface area (Å²) in [5, 5.41) is 6.47. The Labute approximate surface area is 129 Å². The maximum atomic E-state index is 5.79. The van der Waals surface area contributed by atoms with E-state index in [-0.39, 0.29) is 0 Å². The summed E-state index contributed by atoms with van der Waals surface area (Å²) in [4.78, 5) is 6.25. The molecule has 4 nitrogen and oxygen atoms in total. The van der Waals surface area contributed by atoms with E-state index >= 15 is 0 Å². The second-order valence-electron chi connectivity index (χ2n) is 5.73. The molecular weight excluding hydrogens is 282 g/mol. The van der Waals surface area contributed by atoms with Crippen molar-refractivity contribution in [3.8, 4) is 0 Å². The highest BCUT2D eigenvalue weighted by Gasteiger charge is 2.26. The fourth-order valence-electron chi connectivity index (χ4n) is 2.88. The highest BCUT2D eigenvalue weighted by molar-refractivity contribution is 7.13. The van der Waals surface area contributed by atoms with E-state index in [0.29, 0.717) is 12.2 Å². The Balaban J connectivity index is 1.60. The van der Waals surface area contributed by atoms with E-state index < -0.39 is 0 Å². The third kappa shape index (κ3) is 4.03. The summed E-state index contributed by atoms with van der Waals surface area (Å²) in [5.41, 5.74) is 2.24. The second kappa shape index (κ2) is 6.56. The number of quaternary nitrogens is 1. The largest absolute Gasteiger partial charge is 0.364 e. The molecule has 2 heterocycles. The maximum Gasteiger partial charge on any atom is 0.187 e. The lowest BCUT2D eigenvalue weighted by molar-refractivity contribution is -0.928. The minimum atomic E-state index is 0.337. The molecule has 0 saturated carbocycles. The van der Waals surface area contributed by atoms with Crippen molar-refractivity contribution in [2.24, 2.45) is 0 Å². The molecular formula is C16H22N3OS+. The van der Waals surface area contributed by atoms with E-state index in [0.717, 1.165) is 36.1 Å². The Kier molecular flexibility index (Phi) is 4.53. The first-order valence-corrected chi connectivity index (χ1v) is 8.32. The van der Waals surface area contributed by atoms with Gasteiger partial charge in [-0.3, -0.25) is 0 Å². The predicted octanol–water partition coefficient (Wildman–Crippen LogP) is 2.08. The number of para-hydroxylation sites is 1. The average Bonchev–Trinajstić information content (AvgIpc) is 2.86. The van der Waals surface area contributed by atoms with Gasteiger partial charge in [-0.2, -0.15) is 0 Å². The summed E-state index contributed by atoms with van der Waals surface area (Å²) in [7, 11) is 0. The molecule has 1 aliphatic heterocycles. The molecule has 0 bridgehead atoms. The number of ether oxygens (including phenoxy) is 1. The first-order chi connectivity index (χ1) is 10.2. The Morgan fingerprint density at radius 1 is 1.24 bits per heavy atom. The van der Waals surface area contributed by atoms with Gasteiger partial charge in [-0.25, -0.2) is 4.98 Å². The molecule has 1 aromatic carbocycles. The first-order valence-electron chi connectivity index (χ1n) is 7.44. The van der Waals surface area contributed by atoms with Crippen molar-refractivity contribution >= 4 is 22.2 Å². The van der Waals surface area contributed by atoms with Gasteiger partial charge < -0.3 is 15.0 Å². The zero-order valence-corrected chi connectivity index (χ0v) is 13.3. The van der Waals surface area contributed by atoms with E-state index in [1.807, 2.05) is 18.2 Å². The van der Waals surface area contributed by atoms with Gasteiger partial charge in [0.2, 0.25) is 0 Å². The maximum absolute atomic E-state index is 5.79. The highest BCUT2D eigenvalue weighted by Crippen LogP contribution is 2.20. The van der Waals surface area contributed by atoms with Crippen LogP contribution in [0, 0.1) is 0 Å². The number of nitrogens with zero attached hydrogens (tertiary/aromatic N) is 1. The highest BCUT2D eigenvalue weighted by atomic mass is 32.1. The van der Waals surface area contributed by atoms with Gasteiger partial charge in [0.15, 0.2) is 5.13 Å².